The first kappa shape index (κ1) is 11.1. The molecule has 1 amide bonds. The number of nitrogen functional groups attached to an aromatic ring is 1. The van der Waals surface area contributed by atoms with Crippen molar-refractivity contribution in [3.63, 3.8) is 0 Å². The third-order valence-corrected chi connectivity index (χ3v) is 2.17. The summed E-state index contributed by atoms with van der Waals surface area (Å²) in [5.41, 5.74) is 6.19. The molecule has 4 nitrogen and oxygen atoms in total. The first-order valence-electron chi connectivity index (χ1n) is 4.94. The Labute approximate surface area is 97.3 Å². The first-order chi connectivity index (χ1) is 8.16. The Morgan fingerprint density at radius 3 is 2.82 bits per heavy atom. The maximum atomic E-state index is 12.9. The molecule has 0 saturated heterocycles. The number of nitrogens with two attached hydrogens (primary N) is 1. The number of nitrogens with zero attached hydrogens (tertiary/aromatic N) is 1. The van der Waals surface area contributed by atoms with E-state index in [2.05, 4.69) is 10.3 Å². The summed E-state index contributed by atoms with van der Waals surface area (Å²) in [6.45, 7) is 0. The van der Waals surface area contributed by atoms with Crippen molar-refractivity contribution in [2.75, 3.05) is 11.1 Å². The van der Waals surface area contributed by atoms with Gasteiger partial charge in [-0.3, -0.25) is 4.79 Å². The number of hydrogen-bond acceptors (Lipinski definition) is 3. The zero-order chi connectivity index (χ0) is 12.3. The lowest BCUT2D eigenvalue weighted by Gasteiger charge is -2.06. The summed E-state index contributed by atoms with van der Waals surface area (Å²) in [5, 5.41) is 2.54. The topological polar surface area (TPSA) is 68.0 Å². The number of anilines is 2. The van der Waals surface area contributed by atoms with Gasteiger partial charge in [0.25, 0.3) is 5.91 Å². The summed E-state index contributed by atoms with van der Waals surface area (Å²) < 4.78 is 12.9. The Bertz CT molecular complexity index is 557. The molecule has 0 radical (unpaired) electrons. The number of aromatic nitrogens is 1. The van der Waals surface area contributed by atoms with Gasteiger partial charge in [0, 0.05) is 11.9 Å². The second-order valence-electron chi connectivity index (χ2n) is 3.40. The third-order valence-electron chi connectivity index (χ3n) is 2.17. The average molecular weight is 231 g/mol. The lowest BCUT2D eigenvalue weighted by molar-refractivity contribution is 0.102. The average Bonchev–Trinajstić information content (AvgIpc) is 2.29. The van der Waals surface area contributed by atoms with Crippen molar-refractivity contribution in [3.8, 4) is 0 Å². The molecule has 2 aromatic rings. The molecule has 0 saturated carbocycles. The molecule has 5 heteroatoms. The minimum atomic E-state index is -0.416. The number of carbonyl (C=O) groups excluding carboxylic acids is 1. The van der Waals surface area contributed by atoms with Gasteiger partial charge >= 0.3 is 0 Å². The van der Waals surface area contributed by atoms with Gasteiger partial charge in [0.15, 0.2) is 0 Å². The second kappa shape index (κ2) is 4.61. The largest absolute Gasteiger partial charge is 0.383 e. The molecule has 86 valence electrons. The standard InChI is InChI=1S/C12H10FN3O/c13-8-3-1-4-9(7-8)16-12(17)10-5-2-6-15-11(10)14/h1-7H,(H2,14,15)(H,16,17). The van der Waals surface area contributed by atoms with Gasteiger partial charge < -0.3 is 11.1 Å². The predicted octanol–water partition coefficient (Wildman–Crippen LogP) is 2.06. The van der Waals surface area contributed by atoms with Crippen LogP contribution in [0.4, 0.5) is 15.9 Å². The quantitative estimate of drug-likeness (QED) is 0.831. The van der Waals surface area contributed by atoms with Crippen molar-refractivity contribution in [1.29, 1.82) is 0 Å². The summed E-state index contributed by atoms with van der Waals surface area (Å²) in [6.07, 6.45) is 1.49. The van der Waals surface area contributed by atoms with Crippen LogP contribution in [0.15, 0.2) is 42.6 Å². The fourth-order valence-corrected chi connectivity index (χ4v) is 1.37. The number of hydrogen-bond donors (Lipinski definition) is 2. The van der Waals surface area contributed by atoms with Gasteiger partial charge in [0.1, 0.15) is 11.6 Å². The number of rotatable bonds is 2. The molecule has 0 unspecified atom stereocenters. The Morgan fingerprint density at radius 1 is 1.29 bits per heavy atom. The van der Waals surface area contributed by atoms with Crippen LogP contribution in [0.1, 0.15) is 10.4 Å². The van der Waals surface area contributed by atoms with E-state index in [1.165, 1.54) is 24.4 Å². The van der Waals surface area contributed by atoms with Crippen molar-refractivity contribution in [2.24, 2.45) is 0 Å². The molecule has 0 aliphatic heterocycles. The lowest BCUT2D eigenvalue weighted by Crippen LogP contribution is -2.14. The van der Waals surface area contributed by atoms with Crippen LogP contribution in [0.5, 0.6) is 0 Å². The monoisotopic (exact) mass is 231 g/mol. The van der Waals surface area contributed by atoms with Crippen molar-refractivity contribution in [2.45, 2.75) is 0 Å². The molecule has 0 aliphatic rings. The van der Waals surface area contributed by atoms with E-state index in [1.807, 2.05) is 0 Å². The van der Waals surface area contributed by atoms with E-state index >= 15 is 0 Å². The van der Waals surface area contributed by atoms with E-state index in [0.29, 0.717) is 5.69 Å². The molecule has 0 aliphatic carbocycles. The molecule has 0 fully saturated rings. The van der Waals surface area contributed by atoms with E-state index in [0.717, 1.165) is 0 Å². The zero-order valence-corrected chi connectivity index (χ0v) is 8.85. The van der Waals surface area contributed by atoms with Gasteiger partial charge in [-0.15, -0.1) is 0 Å². The fraction of sp³-hybridized carbons (Fsp3) is 0. The van der Waals surface area contributed by atoms with E-state index in [9.17, 15) is 9.18 Å². The van der Waals surface area contributed by atoms with Crippen LogP contribution in [0, 0.1) is 5.82 Å². The van der Waals surface area contributed by atoms with Crippen LogP contribution in [0.3, 0.4) is 0 Å². The molecule has 0 atom stereocenters. The zero-order valence-electron chi connectivity index (χ0n) is 8.85. The minimum Gasteiger partial charge on any atom is -0.383 e. The number of halogens is 1. The first-order valence-corrected chi connectivity index (χ1v) is 4.94. The van der Waals surface area contributed by atoms with Crippen LogP contribution in [-0.2, 0) is 0 Å². The van der Waals surface area contributed by atoms with Crippen molar-refractivity contribution >= 4 is 17.4 Å². The summed E-state index contributed by atoms with van der Waals surface area (Å²) in [7, 11) is 0. The molecule has 17 heavy (non-hydrogen) atoms. The van der Waals surface area contributed by atoms with Gasteiger partial charge in [-0.05, 0) is 30.3 Å². The molecular weight excluding hydrogens is 221 g/mol. The maximum Gasteiger partial charge on any atom is 0.259 e. The van der Waals surface area contributed by atoms with Crippen LogP contribution in [0.25, 0.3) is 0 Å². The summed E-state index contributed by atoms with van der Waals surface area (Å²) in [5.74, 6) is -0.690. The van der Waals surface area contributed by atoms with Crippen molar-refractivity contribution < 1.29 is 9.18 Å². The van der Waals surface area contributed by atoms with Crippen molar-refractivity contribution in [3.05, 3.63) is 54.0 Å². The molecule has 1 aromatic heterocycles. The Morgan fingerprint density at radius 2 is 2.12 bits per heavy atom. The third kappa shape index (κ3) is 2.57. The number of carbonyl (C=O) groups is 1. The number of benzene rings is 1. The van der Waals surface area contributed by atoms with Crippen LogP contribution in [0.2, 0.25) is 0 Å². The summed E-state index contributed by atoms with van der Waals surface area (Å²) in [4.78, 5) is 15.6. The van der Waals surface area contributed by atoms with E-state index < -0.39 is 11.7 Å². The number of pyridine rings is 1. The molecule has 3 N–H and O–H groups in total. The number of nitrogens with one attached hydrogen (secondary N) is 1. The summed E-state index contributed by atoms with van der Waals surface area (Å²) in [6, 6.07) is 8.79. The fourth-order valence-electron chi connectivity index (χ4n) is 1.37. The predicted molar refractivity (Wildman–Crippen MR) is 63.0 cm³/mol. The van der Waals surface area contributed by atoms with E-state index in [1.54, 1.807) is 18.2 Å². The smallest absolute Gasteiger partial charge is 0.259 e. The normalized spacial score (nSPS) is 9.94. The Kier molecular flexibility index (Phi) is 3.00. The second-order valence-corrected chi connectivity index (χ2v) is 3.40. The maximum absolute atomic E-state index is 12.9. The number of amides is 1. The molecule has 1 heterocycles. The van der Waals surface area contributed by atoms with Gasteiger partial charge in [-0.1, -0.05) is 6.07 Å². The molecular formula is C12H10FN3O. The van der Waals surface area contributed by atoms with Crippen molar-refractivity contribution in [1.82, 2.24) is 4.98 Å². The Balaban J connectivity index is 2.20. The lowest BCUT2D eigenvalue weighted by atomic mass is 10.2. The molecule has 2 rings (SSSR count). The minimum absolute atomic E-state index is 0.140. The highest BCUT2D eigenvalue weighted by Gasteiger charge is 2.10. The van der Waals surface area contributed by atoms with Gasteiger partial charge in [-0.2, -0.15) is 0 Å². The van der Waals surface area contributed by atoms with Crippen LogP contribution < -0.4 is 11.1 Å². The van der Waals surface area contributed by atoms with Crippen LogP contribution >= 0.6 is 0 Å². The highest BCUT2D eigenvalue weighted by atomic mass is 19.1. The van der Waals surface area contributed by atoms with E-state index in [4.69, 9.17) is 5.73 Å². The van der Waals surface area contributed by atoms with Crippen LogP contribution in [-0.4, -0.2) is 10.9 Å². The molecule has 1 aromatic carbocycles. The highest BCUT2D eigenvalue weighted by molar-refractivity contribution is 6.07. The SMILES string of the molecule is Nc1ncccc1C(=O)Nc1cccc(F)c1. The summed E-state index contributed by atoms with van der Waals surface area (Å²) >= 11 is 0. The van der Waals surface area contributed by atoms with Gasteiger partial charge in [-0.25, -0.2) is 9.37 Å². The van der Waals surface area contributed by atoms with Gasteiger partial charge in [0.05, 0.1) is 5.56 Å². The van der Waals surface area contributed by atoms with Gasteiger partial charge in [0.2, 0.25) is 0 Å². The molecule has 0 bridgehead atoms. The molecule has 0 spiro atoms. The highest BCUT2D eigenvalue weighted by Crippen LogP contribution is 2.13. The van der Waals surface area contributed by atoms with E-state index in [-0.39, 0.29) is 11.4 Å². The Hall–Kier alpha value is -2.43.